The van der Waals surface area contributed by atoms with E-state index in [-0.39, 0.29) is 11.8 Å². The fourth-order valence-electron chi connectivity index (χ4n) is 3.14. The number of anilines is 2. The monoisotopic (exact) mass is 367 g/mol. The third-order valence-electron chi connectivity index (χ3n) is 4.73. The molecule has 1 N–H and O–H groups in total. The van der Waals surface area contributed by atoms with E-state index in [2.05, 4.69) is 27.4 Å². The van der Waals surface area contributed by atoms with Gasteiger partial charge in [0.25, 0.3) is 5.91 Å². The summed E-state index contributed by atoms with van der Waals surface area (Å²) in [5.41, 5.74) is 3.58. The third-order valence-corrected chi connectivity index (χ3v) is 4.73. The Bertz CT molecular complexity index is 873. The molecule has 0 aliphatic carbocycles. The Labute approximate surface area is 159 Å². The lowest BCUT2D eigenvalue weighted by Crippen LogP contribution is -2.50. The van der Waals surface area contributed by atoms with Crippen molar-refractivity contribution in [3.05, 3.63) is 46.9 Å². The van der Waals surface area contributed by atoms with Gasteiger partial charge >= 0.3 is 0 Å². The zero-order chi connectivity index (χ0) is 19.6. The molecule has 7 heteroatoms. The second-order valence-corrected chi connectivity index (χ2v) is 6.93. The average Bonchev–Trinajstić information content (AvgIpc) is 2.63. The van der Waals surface area contributed by atoms with Gasteiger partial charge in [-0.05, 0) is 38.0 Å². The highest BCUT2D eigenvalue weighted by Gasteiger charge is 2.24. The fourth-order valence-corrected chi connectivity index (χ4v) is 3.14. The minimum Gasteiger partial charge on any atom is -0.340 e. The Balaban J connectivity index is 1.78. The van der Waals surface area contributed by atoms with E-state index in [1.807, 2.05) is 19.9 Å². The maximum absolute atomic E-state index is 12.9. The van der Waals surface area contributed by atoms with Crippen molar-refractivity contribution in [1.82, 2.24) is 19.8 Å². The van der Waals surface area contributed by atoms with E-state index in [1.165, 1.54) is 0 Å². The molecular weight excluding hydrogens is 342 g/mol. The van der Waals surface area contributed by atoms with Gasteiger partial charge in [-0.3, -0.25) is 9.59 Å². The maximum atomic E-state index is 12.9. The molecule has 1 saturated heterocycles. The summed E-state index contributed by atoms with van der Waals surface area (Å²) in [4.78, 5) is 36.5. The van der Waals surface area contributed by atoms with Gasteiger partial charge in [0, 0.05) is 44.9 Å². The van der Waals surface area contributed by atoms with Crippen LogP contribution in [-0.4, -0.2) is 57.8 Å². The number of nitrogens with one attached hydrogen (secondary N) is 1. The first-order valence-corrected chi connectivity index (χ1v) is 9.08. The van der Waals surface area contributed by atoms with Gasteiger partial charge in [-0.25, -0.2) is 9.97 Å². The summed E-state index contributed by atoms with van der Waals surface area (Å²) >= 11 is 0. The quantitative estimate of drug-likeness (QED) is 0.902. The summed E-state index contributed by atoms with van der Waals surface area (Å²) in [6.45, 7) is 9.52. The van der Waals surface area contributed by atoms with Crippen molar-refractivity contribution in [3.8, 4) is 0 Å². The Kier molecular flexibility index (Phi) is 5.39. The molecule has 0 radical (unpaired) electrons. The molecule has 3 rings (SSSR count). The summed E-state index contributed by atoms with van der Waals surface area (Å²) < 4.78 is 0. The molecule has 1 aromatic heterocycles. The molecule has 27 heavy (non-hydrogen) atoms. The van der Waals surface area contributed by atoms with Crippen molar-refractivity contribution >= 4 is 23.3 Å². The number of carbonyl (C=O) groups is 2. The van der Waals surface area contributed by atoms with Crippen LogP contribution in [0.3, 0.4) is 0 Å². The second kappa shape index (κ2) is 7.73. The number of hydrogen-bond acceptors (Lipinski definition) is 5. The number of hydrogen-bond donors (Lipinski definition) is 1. The van der Waals surface area contributed by atoms with Crippen molar-refractivity contribution in [2.45, 2.75) is 27.7 Å². The first-order chi connectivity index (χ1) is 12.8. The topological polar surface area (TPSA) is 78.4 Å². The minimum absolute atomic E-state index is 0.0417. The normalized spacial score (nSPS) is 14.2. The number of amides is 2. The number of carbonyl (C=O) groups excluding carboxylic acids is 2. The molecule has 0 saturated carbocycles. The number of aryl methyl sites for hydroxylation is 3. The van der Waals surface area contributed by atoms with Crippen molar-refractivity contribution in [2.24, 2.45) is 0 Å². The van der Waals surface area contributed by atoms with E-state index in [0.717, 1.165) is 16.8 Å². The molecule has 0 unspecified atom stereocenters. The summed E-state index contributed by atoms with van der Waals surface area (Å²) in [6, 6.07) is 7.84. The summed E-state index contributed by atoms with van der Waals surface area (Å²) in [5, 5.41) is 3.30. The highest BCUT2D eigenvalue weighted by molar-refractivity contribution is 5.93. The van der Waals surface area contributed by atoms with Crippen molar-refractivity contribution < 1.29 is 9.59 Å². The Morgan fingerprint density at radius 3 is 2.30 bits per heavy atom. The summed E-state index contributed by atoms with van der Waals surface area (Å²) in [6.07, 6.45) is 0. The molecule has 1 fully saturated rings. The van der Waals surface area contributed by atoms with E-state index in [9.17, 15) is 9.59 Å². The molecule has 0 atom stereocenters. The van der Waals surface area contributed by atoms with Crippen LogP contribution in [0.15, 0.2) is 24.3 Å². The number of benzene rings is 1. The third kappa shape index (κ3) is 4.42. The SMILES string of the molecule is CC(=O)N1CCN(C(=O)c2cc(Nc3cc(C)ccc3C)nc(C)n2)CC1. The molecule has 1 aliphatic rings. The number of piperazine rings is 1. The number of nitrogens with zero attached hydrogens (tertiary/aromatic N) is 4. The zero-order valence-electron chi connectivity index (χ0n) is 16.2. The van der Waals surface area contributed by atoms with Gasteiger partial charge in [0.05, 0.1) is 0 Å². The average molecular weight is 367 g/mol. The minimum atomic E-state index is -0.132. The lowest BCUT2D eigenvalue weighted by molar-refractivity contribution is -0.130. The van der Waals surface area contributed by atoms with Crippen molar-refractivity contribution in [3.63, 3.8) is 0 Å². The molecule has 2 aromatic rings. The van der Waals surface area contributed by atoms with Crippen LogP contribution in [0.2, 0.25) is 0 Å². The Morgan fingerprint density at radius 2 is 1.63 bits per heavy atom. The molecule has 1 aromatic carbocycles. The maximum Gasteiger partial charge on any atom is 0.272 e. The summed E-state index contributed by atoms with van der Waals surface area (Å²) in [7, 11) is 0. The molecule has 2 heterocycles. The predicted octanol–water partition coefficient (Wildman–Crippen LogP) is 2.45. The van der Waals surface area contributed by atoms with Crippen LogP contribution in [-0.2, 0) is 4.79 Å². The van der Waals surface area contributed by atoms with Crippen LogP contribution < -0.4 is 5.32 Å². The lowest BCUT2D eigenvalue weighted by atomic mass is 10.1. The van der Waals surface area contributed by atoms with Gasteiger partial charge in [0.15, 0.2) is 0 Å². The van der Waals surface area contributed by atoms with Crippen molar-refractivity contribution in [1.29, 1.82) is 0 Å². The first-order valence-electron chi connectivity index (χ1n) is 9.08. The van der Waals surface area contributed by atoms with E-state index in [1.54, 1.807) is 29.7 Å². The van der Waals surface area contributed by atoms with Crippen LogP contribution in [0.25, 0.3) is 0 Å². The van der Waals surface area contributed by atoms with Gasteiger partial charge in [0.2, 0.25) is 5.91 Å². The van der Waals surface area contributed by atoms with Gasteiger partial charge in [-0.2, -0.15) is 0 Å². The van der Waals surface area contributed by atoms with Crippen LogP contribution in [0.5, 0.6) is 0 Å². The van der Waals surface area contributed by atoms with Gasteiger partial charge in [-0.15, -0.1) is 0 Å². The fraction of sp³-hybridized carbons (Fsp3) is 0.400. The van der Waals surface area contributed by atoms with Crippen LogP contribution in [0.4, 0.5) is 11.5 Å². The molecular formula is C20H25N5O2. The van der Waals surface area contributed by atoms with E-state index in [0.29, 0.717) is 43.5 Å². The number of rotatable bonds is 3. The van der Waals surface area contributed by atoms with Gasteiger partial charge in [0.1, 0.15) is 17.3 Å². The van der Waals surface area contributed by atoms with E-state index < -0.39 is 0 Å². The van der Waals surface area contributed by atoms with E-state index in [4.69, 9.17) is 0 Å². The van der Waals surface area contributed by atoms with Crippen LogP contribution >= 0.6 is 0 Å². The highest BCUT2D eigenvalue weighted by Crippen LogP contribution is 2.21. The van der Waals surface area contributed by atoms with Gasteiger partial charge in [-0.1, -0.05) is 12.1 Å². The molecule has 142 valence electrons. The lowest BCUT2D eigenvalue weighted by Gasteiger charge is -2.34. The smallest absolute Gasteiger partial charge is 0.272 e. The van der Waals surface area contributed by atoms with Gasteiger partial charge < -0.3 is 15.1 Å². The predicted molar refractivity (Wildman–Crippen MR) is 104 cm³/mol. The second-order valence-electron chi connectivity index (χ2n) is 6.93. The first kappa shape index (κ1) is 18.8. The zero-order valence-corrected chi connectivity index (χ0v) is 16.2. The molecule has 2 amide bonds. The summed E-state index contributed by atoms with van der Waals surface area (Å²) in [5.74, 6) is 1.05. The van der Waals surface area contributed by atoms with Crippen LogP contribution in [0.1, 0.15) is 34.4 Å². The van der Waals surface area contributed by atoms with Crippen LogP contribution in [0, 0.1) is 20.8 Å². The van der Waals surface area contributed by atoms with E-state index >= 15 is 0 Å². The molecule has 7 nitrogen and oxygen atoms in total. The molecule has 0 spiro atoms. The Morgan fingerprint density at radius 1 is 0.963 bits per heavy atom. The number of aromatic nitrogens is 2. The van der Waals surface area contributed by atoms with Crippen molar-refractivity contribution in [2.75, 3.05) is 31.5 Å². The highest BCUT2D eigenvalue weighted by atomic mass is 16.2. The largest absolute Gasteiger partial charge is 0.340 e. The molecule has 0 bridgehead atoms. The standard InChI is InChI=1S/C20H25N5O2/c1-13-5-6-14(2)17(11-13)23-19-12-18(21-15(3)22-19)20(27)25-9-7-24(8-10-25)16(4)26/h5-6,11-12H,7-10H2,1-4H3,(H,21,22,23). The Hall–Kier alpha value is -2.96. The molecule has 1 aliphatic heterocycles.